The van der Waals surface area contributed by atoms with Crippen molar-refractivity contribution in [2.75, 3.05) is 0 Å². The Labute approximate surface area is 145 Å². The largest absolute Gasteiger partial charge is 0.331 e. The van der Waals surface area contributed by atoms with Crippen molar-refractivity contribution in [1.29, 1.82) is 0 Å². The molecule has 1 aromatic carbocycles. The number of fused-ring (bicyclic) bond motifs is 1. The van der Waals surface area contributed by atoms with E-state index in [0.717, 1.165) is 21.0 Å². The van der Waals surface area contributed by atoms with Crippen molar-refractivity contribution in [1.82, 2.24) is 4.57 Å². The van der Waals surface area contributed by atoms with Crippen molar-refractivity contribution in [2.45, 2.75) is 41.2 Å². The molecule has 0 saturated heterocycles. The number of carbonyl (C=O) groups excluding carboxylic acids is 1. The maximum Gasteiger partial charge on any atom is 0.201 e. The normalized spacial score (nSPS) is 11.2. The Morgan fingerprint density at radius 1 is 1.08 bits per heavy atom. The van der Waals surface area contributed by atoms with E-state index in [2.05, 4.69) is 36.6 Å². The molecule has 3 aromatic rings. The quantitative estimate of drug-likeness (QED) is 0.661. The summed E-state index contributed by atoms with van der Waals surface area (Å²) < 4.78 is 2.11. The summed E-state index contributed by atoms with van der Waals surface area (Å²) >= 11 is 1.63. The third-order valence-electron chi connectivity index (χ3n) is 4.91. The number of thiophene rings is 1. The van der Waals surface area contributed by atoms with Crippen molar-refractivity contribution >= 4 is 27.8 Å². The summed E-state index contributed by atoms with van der Waals surface area (Å²) in [6.07, 6.45) is 0.695. The van der Waals surface area contributed by atoms with E-state index >= 15 is 0 Å². The summed E-state index contributed by atoms with van der Waals surface area (Å²) in [5, 5.41) is 0.689. The molecule has 0 amide bonds. The third kappa shape index (κ3) is 2.51. The van der Waals surface area contributed by atoms with Crippen LogP contribution in [0.2, 0.25) is 0 Å². The second-order valence-electron chi connectivity index (χ2n) is 6.41. The Hall–Kier alpha value is -2.20. The zero-order valence-corrected chi connectivity index (χ0v) is 15.5. The highest BCUT2D eigenvalue weighted by atomic mass is 32.1. The Kier molecular flexibility index (Phi) is 4.18. The molecule has 2 aromatic heterocycles. The van der Waals surface area contributed by atoms with Crippen LogP contribution in [0.1, 0.15) is 43.2 Å². The first-order chi connectivity index (χ1) is 11.3. The average molecular weight is 339 g/mol. The lowest BCUT2D eigenvalue weighted by atomic mass is 10.1. The number of rotatable bonds is 3. The van der Waals surface area contributed by atoms with Gasteiger partial charge in [0.25, 0.3) is 0 Å². The van der Waals surface area contributed by atoms with Gasteiger partial charge in [-0.3, -0.25) is 9.59 Å². The van der Waals surface area contributed by atoms with Crippen LogP contribution in [0, 0.1) is 34.6 Å². The highest BCUT2D eigenvalue weighted by Crippen LogP contribution is 2.30. The summed E-state index contributed by atoms with van der Waals surface area (Å²) in [7, 11) is 0. The molecule has 24 heavy (non-hydrogen) atoms. The monoisotopic (exact) mass is 339 g/mol. The lowest BCUT2D eigenvalue weighted by Gasteiger charge is -2.15. The number of pyridine rings is 1. The highest BCUT2D eigenvalue weighted by molar-refractivity contribution is 7.18. The van der Waals surface area contributed by atoms with Crippen LogP contribution in [-0.4, -0.2) is 10.9 Å². The SMILES string of the molecule is Cc1ccc(Cn2c(C)c(C=O)c(=O)c3c(C)c(C)sc32)cc1C. The molecule has 0 spiro atoms. The van der Waals surface area contributed by atoms with Crippen molar-refractivity contribution in [2.24, 2.45) is 0 Å². The number of nitrogens with zero attached hydrogens (tertiary/aromatic N) is 1. The Bertz CT molecular complexity index is 1020. The molecule has 2 heterocycles. The van der Waals surface area contributed by atoms with Gasteiger partial charge in [0.1, 0.15) is 4.83 Å². The second kappa shape index (κ2) is 6.02. The van der Waals surface area contributed by atoms with Gasteiger partial charge in [-0.1, -0.05) is 18.2 Å². The van der Waals surface area contributed by atoms with Crippen molar-refractivity contribution in [3.8, 4) is 0 Å². The van der Waals surface area contributed by atoms with Gasteiger partial charge >= 0.3 is 0 Å². The van der Waals surface area contributed by atoms with Gasteiger partial charge in [-0.05, 0) is 56.9 Å². The van der Waals surface area contributed by atoms with Crippen LogP contribution in [0.4, 0.5) is 0 Å². The summed E-state index contributed by atoms with van der Waals surface area (Å²) in [6.45, 7) is 10.7. The van der Waals surface area contributed by atoms with Crippen LogP contribution >= 0.6 is 11.3 Å². The molecule has 0 aliphatic rings. The summed E-state index contributed by atoms with van der Waals surface area (Å²) in [5.74, 6) is 0. The highest BCUT2D eigenvalue weighted by Gasteiger charge is 2.18. The number of aromatic nitrogens is 1. The third-order valence-corrected chi connectivity index (χ3v) is 6.14. The number of aryl methyl sites for hydroxylation is 4. The van der Waals surface area contributed by atoms with Gasteiger partial charge < -0.3 is 4.57 Å². The number of aldehydes is 1. The molecule has 0 saturated carbocycles. The van der Waals surface area contributed by atoms with Crippen LogP contribution in [-0.2, 0) is 6.54 Å². The van der Waals surface area contributed by atoms with E-state index in [-0.39, 0.29) is 11.0 Å². The fraction of sp³-hybridized carbons (Fsp3) is 0.300. The van der Waals surface area contributed by atoms with Crippen LogP contribution < -0.4 is 5.43 Å². The minimum absolute atomic E-state index is 0.143. The standard InChI is InChI=1S/C20H21NO2S/c1-11-6-7-16(8-12(11)2)9-21-14(4)17(10-22)19(23)18-13(3)15(5)24-20(18)21/h6-8,10H,9H2,1-5H3. The van der Waals surface area contributed by atoms with E-state index < -0.39 is 0 Å². The van der Waals surface area contributed by atoms with Gasteiger partial charge in [0.05, 0.1) is 10.9 Å². The van der Waals surface area contributed by atoms with E-state index in [9.17, 15) is 9.59 Å². The molecule has 0 aliphatic carbocycles. The predicted octanol–water partition coefficient (Wildman–Crippen LogP) is 4.47. The van der Waals surface area contributed by atoms with E-state index in [1.54, 1.807) is 11.3 Å². The van der Waals surface area contributed by atoms with Crippen LogP contribution in [0.3, 0.4) is 0 Å². The van der Waals surface area contributed by atoms with Crippen molar-refractivity contribution < 1.29 is 4.79 Å². The van der Waals surface area contributed by atoms with Gasteiger partial charge in [-0.2, -0.15) is 0 Å². The summed E-state index contributed by atoms with van der Waals surface area (Å²) in [6, 6.07) is 6.40. The first kappa shape index (κ1) is 16.7. The van der Waals surface area contributed by atoms with Gasteiger partial charge in [0.15, 0.2) is 6.29 Å². The molecule has 3 rings (SSSR count). The number of carbonyl (C=O) groups is 1. The molecule has 0 N–H and O–H groups in total. The average Bonchev–Trinajstić information content (AvgIpc) is 2.83. The molecule has 0 aliphatic heterocycles. The number of benzene rings is 1. The lowest BCUT2D eigenvalue weighted by Crippen LogP contribution is -2.18. The fourth-order valence-electron chi connectivity index (χ4n) is 3.08. The summed E-state index contributed by atoms with van der Waals surface area (Å²) in [5.41, 5.74) is 5.53. The van der Waals surface area contributed by atoms with E-state index in [0.29, 0.717) is 18.2 Å². The van der Waals surface area contributed by atoms with Gasteiger partial charge in [-0.15, -0.1) is 11.3 Å². The van der Waals surface area contributed by atoms with Crippen LogP contribution in [0.25, 0.3) is 10.2 Å². The number of hydrogen-bond donors (Lipinski definition) is 0. The van der Waals surface area contributed by atoms with Gasteiger partial charge in [0.2, 0.25) is 5.43 Å². The molecular weight excluding hydrogens is 318 g/mol. The minimum atomic E-state index is -0.143. The van der Waals surface area contributed by atoms with E-state index in [1.165, 1.54) is 16.7 Å². The van der Waals surface area contributed by atoms with Gasteiger partial charge in [0, 0.05) is 17.1 Å². The van der Waals surface area contributed by atoms with Crippen LogP contribution in [0.5, 0.6) is 0 Å². The van der Waals surface area contributed by atoms with Gasteiger partial charge in [-0.25, -0.2) is 0 Å². The fourth-order valence-corrected chi connectivity index (χ4v) is 4.28. The lowest BCUT2D eigenvalue weighted by molar-refractivity contribution is 0.112. The number of hydrogen-bond acceptors (Lipinski definition) is 3. The first-order valence-corrected chi connectivity index (χ1v) is 8.81. The molecule has 124 valence electrons. The maximum absolute atomic E-state index is 12.7. The van der Waals surface area contributed by atoms with E-state index in [4.69, 9.17) is 0 Å². The molecule has 0 fully saturated rings. The molecule has 0 unspecified atom stereocenters. The molecule has 0 radical (unpaired) electrons. The Morgan fingerprint density at radius 3 is 2.42 bits per heavy atom. The topological polar surface area (TPSA) is 39.1 Å². The zero-order valence-electron chi connectivity index (χ0n) is 14.7. The van der Waals surface area contributed by atoms with Crippen molar-refractivity contribution in [3.05, 3.63) is 66.8 Å². The maximum atomic E-state index is 12.7. The molecule has 4 heteroatoms. The summed E-state index contributed by atoms with van der Waals surface area (Å²) in [4.78, 5) is 26.3. The first-order valence-electron chi connectivity index (χ1n) is 7.99. The Morgan fingerprint density at radius 2 is 1.79 bits per heavy atom. The predicted molar refractivity (Wildman–Crippen MR) is 101 cm³/mol. The molecular formula is C20H21NO2S. The minimum Gasteiger partial charge on any atom is -0.331 e. The van der Waals surface area contributed by atoms with Crippen molar-refractivity contribution in [3.63, 3.8) is 0 Å². The van der Waals surface area contributed by atoms with Crippen LogP contribution in [0.15, 0.2) is 23.0 Å². The zero-order chi connectivity index (χ0) is 17.6. The Balaban J connectivity index is 2.30. The molecule has 3 nitrogen and oxygen atoms in total. The second-order valence-corrected chi connectivity index (χ2v) is 7.62. The smallest absolute Gasteiger partial charge is 0.201 e. The molecule has 0 atom stereocenters. The molecule has 0 bridgehead atoms. The van der Waals surface area contributed by atoms with E-state index in [1.807, 2.05) is 20.8 Å².